The Bertz CT molecular complexity index is 881. The van der Waals surface area contributed by atoms with Gasteiger partial charge in [-0.05, 0) is 12.0 Å². The van der Waals surface area contributed by atoms with Crippen molar-refractivity contribution in [3.05, 3.63) is 48.3 Å². The molecule has 0 bridgehead atoms. The smallest absolute Gasteiger partial charge is 0.225 e. The van der Waals surface area contributed by atoms with E-state index >= 15 is 0 Å². The summed E-state index contributed by atoms with van der Waals surface area (Å²) in [7, 11) is 0. The first-order chi connectivity index (χ1) is 13.8. The number of carbonyl (C=O) groups is 1. The fraction of sp³-hybridized carbons (Fsp3) is 0.429. The van der Waals surface area contributed by atoms with Crippen molar-refractivity contribution in [3.63, 3.8) is 0 Å². The van der Waals surface area contributed by atoms with Crippen LogP contribution in [0.1, 0.15) is 57.4 Å². The first-order valence-corrected chi connectivity index (χ1v) is 10.9. The second kappa shape index (κ2) is 10.8. The highest BCUT2D eigenvalue weighted by Crippen LogP contribution is 2.23. The highest BCUT2D eigenvalue weighted by molar-refractivity contribution is 7.98. The predicted octanol–water partition coefficient (Wildman–Crippen LogP) is 5.11. The molecule has 0 aliphatic heterocycles. The monoisotopic (exact) mass is 397 g/mol. The summed E-state index contributed by atoms with van der Waals surface area (Å²) in [5.74, 6) is 1.32. The van der Waals surface area contributed by atoms with Gasteiger partial charge in [0.1, 0.15) is 12.1 Å². The van der Waals surface area contributed by atoms with Gasteiger partial charge < -0.3 is 5.32 Å². The van der Waals surface area contributed by atoms with Crippen LogP contribution in [0.2, 0.25) is 0 Å². The number of benzene rings is 1. The normalized spacial score (nSPS) is 11.0. The van der Waals surface area contributed by atoms with E-state index in [-0.39, 0.29) is 5.91 Å². The van der Waals surface area contributed by atoms with Gasteiger partial charge in [-0.3, -0.25) is 4.79 Å². The van der Waals surface area contributed by atoms with Gasteiger partial charge in [-0.2, -0.15) is 9.61 Å². The van der Waals surface area contributed by atoms with Crippen molar-refractivity contribution in [2.45, 2.75) is 62.8 Å². The zero-order valence-electron chi connectivity index (χ0n) is 16.3. The number of hydrogen-bond donors (Lipinski definition) is 1. The number of aromatic nitrogens is 4. The highest BCUT2D eigenvalue weighted by Gasteiger charge is 2.11. The number of anilines is 1. The highest BCUT2D eigenvalue weighted by atomic mass is 32.2. The molecule has 1 amide bonds. The van der Waals surface area contributed by atoms with E-state index in [1.165, 1.54) is 37.6 Å². The number of thioether (sulfide) groups is 1. The second-order valence-electron chi connectivity index (χ2n) is 6.79. The van der Waals surface area contributed by atoms with Gasteiger partial charge in [0.15, 0.2) is 10.8 Å². The van der Waals surface area contributed by atoms with E-state index in [2.05, 4.69) is 39.4 Å². The minimum absolute atomic E-state index is 0.00543. The molecule has 7 heteroatoms. The Labute approximate surface area is 170 Å². The van der Waals surface area contributed by atoms with Crippen LogP contribution in [0.5, 0.6) is 0 Å². The van der Waals surface area contributed by atoms with Gasteiger partial charge in [-0.15, -0.1) is 0 Å². The maximum atomic E-state index is 12.3. The van der Waals surface area contributed by atoms with Crippen molar-refractivity contribution >= 4 is 29.1 Å². The van der Waals surface area contributed by atoms with E-state index in [0.717, 1.165) is 18.6 Å². The van der Waals surface area contributed by atoms with E-state index in [9.17, 15) is 4.79 Å². The molecule has 1 N–H and O–H groups in total. The number of rotatable bonds is 11. The molecule has 0 saturated carbocycles. The molecular weight excluding hydrogens is 370 g/mol. The van der Waals surface area contributed by atoms with Gasteiger partial charge in [0, 0.05) is 18.2 Å². The zero-order chi connectivity index (χ0) is 19.6. The predicted molar refractivity (Wildman–Crippen MR) is 113 cm³/mol. The summed E-state index contributed by atoms with van der Waals surface area (Å²) < 4.78 is 1.71. The number of fused-ring (bicyclic) bond motifs is 1. The van der Waals surface area contributed by atoms with Crippen molar-refractivity contribution in [2.24, 2.45) is 0 Å². The first kappa shape index (κ1) is 20.3. The molecule has 0 aliphatic rings. The number of nitrogens with zero attached hydrogens (tertiary/aromatic N) is 4. The molecule has 148 valence electrons. The molecule has 2 heterocycles. The number of carbonyl (C=O) groups excluding carboxylic acids is 1. The van der Waals surface area contributed by atoms with Crippen molar-refractivity contribution in [2.75, 3.05) is 5.32 Å². The summed E-state index contributed by atoms with van der Waals surface area (Å²) in [6, 6.07) is 12.0. The summed E-state index contributed by atoms with van der Waals surface area (Å²) in [5.41, 5.74) is 1.89. The van der Waals surface area contributed by atoms with Crippen LogP contribution in [0.3, 0.4) is 0 Å². The quantitative estimate of drug-likeness (QED) is 0.277. The maximum absolute atomic E-state index is 12.3. The molecule has 2 aromatic heterocycles. The van der Waals surface area contributed by atoms with Crippen LogP contribution in [0, 0.1) is 0 Å². The molecule has 28 heavy (non-hydrogen) atoms. The molecule has 1 aromatic carbocycles. The molecule has 0 atom stereocenters. The number of hydrogen-bond acceptors (Lipinski definition) is 5. The third kappa shape index (κ3) is 6.05. The van der Waals surface area contributed by atoms with Crippen molar-refractivity contribution in [1.82, 2.24) is 19.6 Å². The topological polar surface area (TPSA) is 72.2 Å². The van der Waals surface area contributed by atoms with Crippen molar-refractivity contribution in [1.29, 1.82) is 0 Å². The van der Waals surface area contributed by atoms with Crippen LogP contribution < -0.4 is 5.32 Å². The van der Waals surface area contributed by atoms with E-state index in [1.807, 2.05) is 18.2 Å². The third-order valence-corrected chi connectivity index (χ3v) is 5.47. The van der Waals surface area contributed by atoms with E-state index in [4.69, 9.17) is 0 Å². The lowest BCUT2D eigenvalue weighted by atomic mass is 10.1. The number of nitrogens with one attached hydrogen (secondary N) is 1. The summed E-state index contributed by atoms with van der Waals surface area (Å²) in [4.78, 5) is 21.1. The lowest BCUT2D eigenvalue weighted by Gasteiger charge is -2.08. The fourth-order valence-electron chi connectivity index (χ4n) is 2.95. The van der Waals surface area contributed by atoms with Crippen molar-refractivity contribution < 1.29 is 4.79 Å². The molecule has 0 aliphatic carbocycles. The molecule has 3 aromatic rings. The molecule has 6 nitrogen and oxygen atoms in total. The standard InChI is InChI=1S/C21H27N5OS/c1-2-3-4-5-6-10-13-20(27)24-18-14-19-22-16-23-26(19)21(25-18)28-15-17-11-8-7-9-12-17/h7-9,11-12,14,16H,2-6,10,13,15H2,1H3,(H,24,27). The molecule has 0 spiro atoms. The Morgan fingerprint density at radius 1 is 1.11 bits per heavy atom. The van der Waals surface area contributed by atoms with Crippen LogP contribution >= 0.6 is 11.8 Å². The SMILES string of the molecule is CCCCCCCCC(=O)Nc1cc2ncnn2c(SCc2ccccc2)n1. The molecule has 0 radical (unpaired) electrons. The molecule has 0 fully saturated rings. The fourth-order valence-corrected chi connectivity index (χ4v) is 3.87. The summed E-state index contributed by atoms with van der Waals surface area (Å²) in [6.07, 6.45) is 9.01. The van der Waals surface area contributed by atoms with Crippen LogP contribution in [-0.4, -0.2) is 25.5 Å². The van der Waals surface area contributed by atoms with Gasteiger partial charge in [0.05, 0.1) is 0 Å². The minimum Gasteiger partial charge on any atom is -0.311 e. The van der Waals surface area contributed by atoms with Crippen LogP contribution in [0.25, 0.3) is 5.65 Å². The van der Waals surface area contributed by atoms with Crippen LogP contribution in [0.4, 0.5) is 5.82 Å². The molecule has 0 saturated heterocycles. The Balaban J connectivity index is 1.58. The Morgan fingerprint density at radius 3 is 2.71 bits per heavy atom. The Kier molecular flexibility index (Phi) is 7.84. The molecular formula is C21H27N5OS. The van der Waals surface area contributed by atoms with Gasteiger partial charge in [-0.1, -0.05) is 81.1 Å². The van der Waals surface area contributed by atoms with E-state index in [0.29, 0.717) is 23.0 Å². The van der Waals surface area contributed by atoms with E-state index < -0.39 is 0 Å². The van der Waals surface area contributed by atoms with Gasteiger partial charge in [0.25, 0.3) is 0 Å². The second-order valence-corrected chi connectivity index (χ2v) is 7.74. The lowest BCUT2D eigenvalue weighted by molar-refractivity contribution is -0.116. The number of amides is 1. The summed E-state index contributed by atoms with van der Waals surface area (Å²) in [5, 5.41) is 7.88. The van der Waals surface area contributed by atoms with Crippen LogP contribution in [0.15, 0.2) is 47.9 Å². The van der Waals surface area contributed by atoms with Gasteiger partial charge >= 0.3 is 0 Å². The average molecular weight is 398 g/mol. The van der Waals surface area contributed by atoms with Crippen LogP contribution in [-0.2, 0) is 10.5 Å². The largest absolute Gasteiger partial charge is 0.311 e. The lowest BCUT2D eigenvalue weighted by Crippen LogP contribution is -2.13. The van der Waals surface area contributed by atoms with E-state index in [1.54, 1.807) is 22.3 Å². The molecule has 0 unspecified atom stereocenters. The zero-order valence-corrected chi connectivity index (χ0v) is 17.1. The minimum atomic E-state index is 0.00543. The van der Waals surface area contributed by atoms with Crippen molar-refractivity contribution in [3.8, 4) is 0 Å². The van der Waals surface area contributed by atoms with Gasteiger partial charge in [-0.25, -0.2) is 9.97 Å². The Morgan fingerprint density at radius 2 is 1.89 bits per heavy atom. The third-order valence-electron chi connectivity index (χ3n) is 4.47. The average Bonchev–Trinajstić information content (AvgIpc) is 3.18. The summed E-state index contributed by atoms with van der Waals surface area (Å²) >= 11 is 1.58. The maximum Gasteiger partial charge on any atom is 0.225 e. The Hall–Kier alpha value is -2.41. The number of unbranched alkanes of at least 4 members (excludes halogenated alkanes) is 5. The van der Waals surface area contributed by atoms with Gasteiger partial charge in [0.2, 0.25) is 5.91 Å². The molecule has 3 rings (SSSR count). The summed E-state index contributed by atoms with van der Waals surface area (Å²) in [6.45, 7) is 2.21. The first-order valence-electron chi connectivity index (χ1n) is 9.93.